The van der Waals surface area contributed by atoms with Crippen LogP contribution in [0.15, 0.2) is 24.3 Å². The van der Waals surface area contributed by atoms with E-state index in [1.165, 1.54) is 12.1 Å². The van der Waals surface area contributed by atoms with Gasteiger partial charge in [0.25, 0.3) is 0 Å². The van der Waals surface area contributed by atoms with Crippen LogP contribution in [0.3, 0.4) is 0 Å². The summed E-state index contributed by atoms with van der Waals surface area (Å²) in [5, 5.41) is 0. The second-order valence-electron chi connectivity index (χ2n) is 5.54. The number of nitrogens with two attached hydrogens (primary N) is 1. The minimum absolute atomic E-state index is 0.170. The molecule has 2 rings (SSSR count). The summed E-state index contributed by atoms with van der Waals surface area (Å²) in [5.74, 6) is -0.170. The Bertz CT molecular complexity index is 371. The highest BCUT2D eigenvalue weighted by Gasteiger charge is 2.15. The van der Waals surface area contributed by atoms with Gasteiger partial charge in [-0.3, -0.25) is 0 Å². The molecule has 3 nitrogen and oxygen atoms in total. The van der Waals surface area contributed by atoms with Crippen molar-refractivity contribution in [2.24, 2.45) is 5.73 Å². The van der Waals surface area contributed by atoms with Gasteiger partial charge in [-0.25, -0.2) is 4.39 Å². The van der Waals surface area contributed by atoms with Crippen molar-refractivity contribution >= 4 is 0 Å². The normalized spacial score (nSPS) is 18.1. The molecule has 0 radical (unpaired) electrons. The van der Waals surface area contributed by atoms with E-state index in [1.54, 1.807) is 0 Å². The predicted octanol–water partition coefficient (Wildman–Crippen LogP) is 1.68. The van der Waals surface area contributed by atoms with Crippen molar-refractivity contribution in [3.8, 4) is 0 Å². The largest absolute Gasteiger partial charge is 0.328 e. The Morgan fingerprint density at radius 2 is 1.89 bits per heavy atom. The molecule has 2 N–H and O–H groups in total. The van der Waals surface area contributed by atoms with Crippen molar-refractivity contribution in [2.45, 2.75) is 25.4 Å². The standard InChI is InChI=1S/C15H24FN3/c1-18(12-13-2-4-14(16)5-3-13)10-11-19-8-6-15(17)7-9-19/h2-5,15H,6-12,17H2,1H3. The van der Waals surface area contributed by atoms with Gasteiger partial charge in [0, 0.05) is 25.7 Å². The van der Waals surface area contributed by atoms with Gasteiger partial charge < -0.3 is 15.5 Å². The molecular weight excluding hydrogens is 241 g/mol. The number of likely N-dealkylation sites (tertiary alicyclic amines) is 1. The summed E-state index contributed by atoms with van der Waals surface area (Å²) < 4.78 is 12.8. The Morgan fingerprint density at radius 1 is 1.26 bits per heavy atom. The molecule has 1 aromatic carbocycles. The van der Waals surface area contributed by atoms with Gasteiger partial charge in [-0.15, -0.1) is 0 Å². The smallest absolute Gasteiger partial charge is 0.123 e. The second kappa shape index (κ2) is 6.98. The summed E-state index contributed by atoms with van der Waals surface area (Å²) in [6.07, 6.45) is 2.23. The quantitative estimate of drug-likeness (QED) is 0.879. The molecule has 1 aliphatic rings. The number of likely N-dealkylation sites (N-methyl/N-ethyl adjacent to an activating group) is 1. The maximum Gasteiger partial charge on any atom is 0.123 e. The summed E-state index contributed by atoms with van der Waals surface area (Å²) in [6.45, 7) is 5.22. The number of benzene rings is 1. The van der Waals surface area contributed by atoms with Crippen molar-refractivity contribution in [2.75, 3.05) is 33.2 Å². The fraction of sp³-hybridized carbons (Fsp3) is 0.600. The Balaban J connectivity index is 1.69. The van der Waals surface area contributed by atoms with Crippen LogP contribution in [0.2, 0.25) is 0 Å². The first kappa shape index (κ1) is 14.4. The molecular formula is C15H24FN3. The highest BCUT2D eigenvalue weighted by Crippen LogP contribution is 2.09. The lowest BCUT2D eigenvalue weighted by molar-refractivity contribution is 0.183. The van der Waals surface area contributed by atoms with E-state index in [9.17, 15) is 4.39 Å². The van der Waals surface area contributed by atoms with E-state index >= 15 is 0 Å². The molecule has 0 unspecified atom stereocenters. The number of halogens is 1. The van der Waals surface area contributed by atoms with Crippen molar-refractivity contribution in [1.82, 2.24) is 9.80 Å². The van der Waals surface area contributed by atoms with E-state index < -0.39 is 0 Å². The fourth-order valence-corrected chi connectivity index (χ4v) is 2.47. The highest BCUT2D eigenvalue weighted by molar-refractivity contribution is 5.15. The fourth-order valence-electron chi connectivity index (χ4n) is 2.47. The van der Waals surface area contributed by atoms with Crippen LogP contribution in [0.1, 0.15) is 18.4 Å². The van der Waals surface area contributed by atoms with Gasteiger partial charge in [-0.2, -0.15) is 0 Å². The number of hydrogen-bond donors (Lipinski definition) is 1. The summed E-state index contributed by atoms with van der Waals surface area (Å²) in [6, 6.07) is 7.15. The first-order valence-electron chi connectivity index (χ1n) is 7.04. The van der Waals surface area contributed by atoms with Crippen molar-refractivity contribution in [3.63, 3.8) is 0 Å². The van der Waals surface area contributed by atoms with Crippen molar-refractivity contribution in [3.05, 3.63) is 35.6 Å². The van der Waals surface area contributed by atoms with E-state index in [1.807, 2.05) is 12.1 Å². The van der Waals surface area contributed by atoms with Crippen LogP contribution in [0.25, 0.3) is 0 Å². The third-order valence-corrected chi connectivity index (χ3v) is 3.80. The lowest BCUT2D eigenvalue weighted by Crippen LogP contribution is -2.42. The van der Waals surface area contributed by atoms with Crippen LogP contribution < -0.4 is 5.73 Å². The minimum atomic E-state index is -0.170. The lowest BCUT2D eigenvalue weighted by Gasteiger charge is -2.31. The number of piperidine rings is 1. The van der Waals surface area contributed by atoms with Crippen LogP contribution in [0.5, 0.6) is 0 Å². The zero-order chi connectivity index (χ0) is 13.7. The van der Waals surface area contributed by atoms with Crippen LogP contribution >= 0.6 is 0 Å². The third-order valence-electron chi connectivity index (χ3n) is 3.80. The van der Waals surface area contributed by atoms with Gasteiger partial charge in [0.05, 0.1) is 0 Å². The maximum atomic E-state index is 12.8. The van der Waals surface area contributed by atoms with E-state index in [-0.39, 0.29) is 5.82 Å². The van der Waals surface area contributed by atoms with Crippen molar-refractivity contribution < 1.29 is 4.39 Å². The average molecular weight is 265 g/mol. The van der Waals surface area contributed by atoms with E-state index in [2.05, 4.69) is 16.8 Å². The van der Waals surface area contributed by atoms with Gasteiger partial charge in [0.15, 0.2) is 0 Å². The molecule has 1 heterocycles. The summed E-state index contributed by atoms with van der Waals surface area (Å²) in [4.78, 5) is 4.76. The third kappa shape index (κ3) is 4.90. The molecule has 0 amide bonds. The molecule has 0 bridgehead atoms. The first-order chi connectivity index (χ1) is 9.13. The topological polar surface area (TPSA) is 32.5 Å². The van der Waals surface area contributed by atoms with Gasteiger partial charge in [-0.1, -0.05) is 12.1 Å². The molecule has 1 fully saturated rings. The molecule has 4 heteroatoms. The summed E-state index contributed by atoms with van der Waals surface area (Å²) in [5.41, 5.74) is 7.06. The average Bonchev–Trinajstić information content (AvgIpc) is 2.41. The molecule has 0 aromatic heterocycles. The SMILES string of the molecule is CN(CCN1CCC(N)CC1)Cc1ccc(F)cc1. The second-order valence-corrected chi connectivity index (χ2v) is 5.54. The summed E-state index contributed by atoms with van der Waals surface area (Å²) in [7, 11) is 2.11. The molecule has 19 heavy (non-hydrogen) atoms. The number of rotatable bonds is 5. The van der Waals surface area contributed by atoms with E-state index in [0.29, 0.717) is 6.04 Å². The monoisotopic (exact) mass is 265 g/mol. The number of hydrogen-bond acceptors (Lipinski definition) is 3. The molecule has 1 aliphatic heterocycles. The van der Waals surface area contributed by atoms with Gasteiger partial charge in [-0.05, 0) is 50.7 Å². The zero-order valence-corrected chi connectivity index (χ0v) is 11.7. The van der Waals surface area contributed by atoms with Gasteiger partial charge in [0.2, 0.25) is 0 Å². The Labute approximate surface area is 115 Å². The van der Waals surface area contributed by atoms with Crippen LogP contribution in [0.4, 0.5) is 4.39 Å². The Kier molecular flexibility index (Phi) is 5.31. The molecule has 106 valence electrons. The lowest BCUT2D eigenvalue weighted by atomic mass is 10.1. The number of nitrogens with zero attached hydrogens (tertiary/aromatic N) is 2. The molecule has 0 spiro atoms. The van der Waals surface area contributed by atoms with E-state index in [4.69, 9.17) is 5.73 Å². The molecule has 0 saturated carbocycles. The van der Waals surface area contributed by atoms with Crippen LogP contribution in [-0.2, 0) is 6.54 Å². The zero-order valence-electron chi connectivity index (χ0n) is 11.7. The highest BCUT2D eigenvalue weighted by atomic mass is 19.1. The van der Waals surface area contributed by atoms with Crippen LogP contribution in [0, 0.1) is 5.82 Å². The molecule has 0 aliphatic carbocycles. The van der Waals surface area contributed by atoms with Gasteiger partial charge in [0.1, 0.15) is 5.82 Å². The predicted molar refractivity (Wildman–Crippen MR) is 76.4 cm³/mol. The Hall–Kier alpha value is -0.970. The maximum absolute atomic E-state index is 12.8. The summed E-state index contributed by atoms with van der Waals surface area (Å²) >= 11 is 0. The first-order valence-corrected chi connectivity index (χ1v) is 7.04. The minimum Gasteiger partial charge on any atom is -0.328 e. The van der Waals surface area contributed by atoms with Crippen molar-refractivity contribution in [1.29, 1.82) is 0 Å². The molecule has 1 saturated heterocycles. The molecule has 0 atom stereocenters. The Morgan fingerprint density at radius 3 is 2.53 bits per heavy atom. The van der Waals surface area contributed by atoms with Crippen LogP contribution in [-0.4, -0.2) is 49.1 Å². The molecule has 1 aromatic rings. The van der Waals surface area contributed by atoms with E-state index in [0.717, 1.165) is 51.1 Å². The van der Waals surface area contributed by atoms with Gasteiger partial charge >= 0.3 is 0 Å².